The van der Waals surface area contributed by atoms with Gasteiger partial charge in [0.25, 0.3) is 0 Å². The van der Waals surface area contributed by atoms with Crippen LogP contribution in [0.15, 0.2) is 29.6 Å². The Morgan fingerprint density at radius 3 is 2.60 bits per heavy atom. The van der Waals surface area contributed by atoms with Crippen LogP contribution in [0.4, 0.5) is 17.6 Å². The van der Waals surface area contributed by atoms with E-state index in [1.807, 2.05) is 23.4 Å². The number of hydrogen-bond acceptors (Lipinski definition) is 5. The number of aromatic nitrogens is 5. The van der Waals surface area contributed by atoms with Crippen molar-refractivity contribution in [2.45, 2.75) is 82.4 Å². The van der Waals surface area contributed by atoms with Crippen LogP contribution in [0, 0.1) is 11.8 Å². The Hall–Kier alpha value is -2.73. The van der Waals surface area contributed by atoms with Crippen LogP contribution < -0.4 is 5.69 Å². The summed E-state index contributed by atoms with van der Waals surface area (Å²) in [4.78, 5) is 15.7. The van der Waals surface area contributed by atoms with Crippen molar-refractivity contribution in [3.63, 3.8) is 0 Å². The second-order valence-electron chi connectivity index (χ2n) is 12.0. The molecule has 3 aliphatic rings. The number of morpholine rings is 1. The monoisotopic (exact) mass is 564 g/mol. The fourth-order valence-corrected chi connectivity index (χ4v) is 7.11. The van der Waals surface area contributed by atoms with E-state index in [0.29, 0.717) is 44.0 Å². The second kappa shape index (κ2) is 10.6. The topological polar surface area (TPSA) is 69.6 Å². The summed E-state index contributed by atoms with van der Waals surface area (Å²) in [6, 6.07) is 0.600. The lowest BCUT2D eigenvalue weighted by molar-refractivity contribution is -0.136. The first-order valence-electron chi connectivity index (χ1n) is 14.2. The lowest BCUT2D eigenvalue weighted by Gasteiger charge is -2.42. The molecule has 4 heterocycles. The SMILES string of the molecule is C[C@@H]1CN(Cc2cc(C(F)(F)F)c3cn(C4CC(F)CC([C@@H](c5nncn5C)C5CCC5)C4)c(=O)n3c2)CCO1. The van der Waals surface area contributed by atoms with Crippen LogP contribution in [0.1, 0.15) is 74.4 Å². The summed E-state index contributed by atoms with van der Waals surface area (Å²) >= 11 is 0. The zero-order valence-electron chi connectivity index (χ0n) is 22.9. The summed E-state index contributed by atoms with van der Waals surface area (Å²) in [5.74, 6) is 1.10. The van der Waals surface area contributed by atoms with Gasteiger partial charge in [-0.05, 0) is 62.5 Å². The number of fused-ring (bicyclic) bond motifs is 1. The van der Waals surface area contributed by atoms with Gasteiger partial charge in [-0.15, -0.1) is 10.2 Å². The van der Waals surface area contributed by atoms with Crippen molar-refractivity contribution in [3.8, 4) is 0 Å². The number of imidazole rings is 1. The normalized spacial score (nSPS) is 27.6. The van der Waals surface area contributed by atoms with Gasteiger partial charge in [-0.2, -0.15) is 13.2 Å². The number of nitrogens with zero attached hydrogens (tertiary/aromatic N) is 6. The molecule has 0 aromatic carbocycles. The lowest BCUT2D eigenvalue weighted by atomic mass is 9.65. The maximum Gasteiger partial charge on any atom is 0.418 e. The summed E-state index contributed by atoms with van der Waals surface area (Å²) in [7, 11) is 1.88. The minimum Gasteiger partial charge on any atom is -0.376 e. The van der Waals surface area contributed by atoms with Crippen LogP contribution in [0.25, 0.3) is 5.52 Å². The van der Waals surface area contributed by atoms with Crippen molar-refractivity contribution in [2.75, 3.05) is 19.7 Å². The molecule has 0 amide bonds. The van der Waals surface area contributed by atoms with Crippen molar-refractivity contribution in [3.05, 3.63) is 52.2 Å². The van der Waals surface area contributed by atoms with Crippen molar-refractivity contribution in [1.82, 2.24) is 28.6 Å². The molecule has 3 aromatic heterocycles. The molecule has 3 unspecified atom stereocenters. The van der Waals surface area contributed by atoms with Gasteiger partial charge >= 0.3 is 11.9 Å². The smallest absolute Gasteiger partial charge is 0.376 e. The van der Waals surface area contributed by atoms with Gasteiger partial charge in [0, 0.05) is 51.0 Å². The second-order valence-corrected chi connectivity index (χ2v) is 12.0. The first-order valence-corrected chi connectivity index (χ1v) is 14.2. The third-order valence-corrected chi connectivity index (χ3v) is 9.15. The van der Waals surface area contributed by atoms with Gasteiger partial charge in [0.2, 0.25) is 0 Å². The van der Waals surface area contributed by atoms with Gasteiger partial charge in [-0.1, -0.05) is 6.42 Å². The summed E-state index contributed by atoms with van der Waals surface area (Å²) < 4.78 is 67.9. The average molecular weight is 565 g/mol. The largest absolute Gasteiger partial charge is 0.418 e. The van der Waals surface area contributed by atoms with E-state index in [-0.39, 0.29) is 36.4 Å². The van der Waals surface area contributed by atoms with Gasteiger partial charge in [-0.3, -0.25) is 13.9 Å². The zero-order chi connectivity index (χ0) is 28.2. The van der Waals surface area contributed by atoms with Gasteiger partial charge in [0.15, 0.2) is 0 Å². The Kier molecular flexibility index (Phi) is 7.27. The van der Waals surface area contributed by atoms with Crippen LogP contribution in [-0.2, 0) is 24.5 Å². The fraction of sp³-hybridized carbons (Fsp3) is 0.679. The molecule has 0 N–H and O–H groups in total. The molecule has 0 bridgehead atoms. The number of hydrogen-bond donors (Lipinski definition) is 0. The van der Waals surface area contributed by atoms with Crippen LogP contribution in [-0.4, -0.2) is 60.6 Å². The highest BCUT2D eigenvalue weighted by Gasteiger charge is 2.43. The highest BCUT2D eigenvalue weighted by atomic mass is 19.4. The third kappa shape index (κ3) is 5.20. The number of alkyl halides is 4. The van der Waals surface area contributed by atoms with E-state index in [2.05, 4.69) is 10.2 Å². The summed E-state index contributed by atoms with van der Waals surface area (Å²) in [6.45, 7) is 3.92. The summed E-state index contributed by atoms with van der Waals surface area (Å²) in [5.41, 5.74) is -1.20. The minimum atomic E-state index is -4.64. The number of ether oxygens (including phenoxy) is 1. The molecule has 40 heavy (non-hydrogen) atoms. The first-order chi connectivity index (χ1) is 19.1. The van der Waals surface area contributed by atoms with Crippen molar-refractivity contribution in [1.29, 1.82) is 0 Å². The molecule has 2 saturated carbocycles. The molecule has 0 spiro atoms. The number of aryl methyl sites for hydroxylation is 1. The van der Waals surface area contributed by atoms with Crippen LogP contribution in [0.5, 0.6) is 0 Å². The molecule has 6 rings (SSSR count). The Balaban J connectivity index is 1.35. The average Bonchev–Trinajstić information content (AvgIpc) is 3.42. The van der Waals surface area contributed by atoms with E-state index in [1.165, 1.54) is 17.0 Å². The third-order valence-electron chi connectivity index (χ3n) is 9.15. The maximum atomic E-state index is 15.3. The first kappa shape index (κ1) is 27.4. The highest BCUT2D eigenvalue weighted by Crippen LogP contribution is 2.49. The van der Waals surface area contributed by atoms with E-state index in [0.717, 1.165) is 35.6 Å². The van der Waals surface area contributed by atoms with Gasteiger partial charge in [0.1, 0.15) is 18.3 Å². The van der Waals surface area contributed by atoms with Crippen LogP contribution >= 0.6 is 0 Å². The van der Waals surface area contributed by atoms with E-state index in [9.17, 15) is 18.0 Å². The van der Waals surface area contributed by atoms with E-state index in [1.54, 1.807) is 6.33 Å². The fourth-order valence-electron chi connectivity index (χ4n) is 7.11. The van der Waals surface area contributed by atoms with Gasteiger partial charge in [0.05, 0.1) is 23.8 Å². The number of rotatable bonds is 6. The van der Waals surface area contributed by atoms with Crippen LogP contribution in [0.3, 0.4) is 0 Å². The summed E-state index contributed by atoms with van der Waals surface area (Å²) in [5, 5.41) is 8.40. The lowest BCUT2D eigenvalue weighted by Crippen LogP contribution is -2.40. The Morgan fingerprint density at radius 2 is 1.95 bits per heavy atom. The quantitative estimate of drug-likeness (QED) is 0.405. The maximum absolute atomic E-state index is 15.3. The zero-order valence-corrected chi connectivity index (χ0v) is 22.9. The van der Waals surface area contributed by atoms with E-state index >= 15 is 4.39 Å². The Morgan fingerprint density at radius 1 is 1.15 bits per heavy atom. The van der Waals surface area contributed by atoms with Crippen molar-refractivity contribution in [2.24, 2.45) is 18.9 Å². The molecule has 1 saturated heterocycles. The molecular formula is C28H36F4N6O2. The van der Waals surface area contributed by atoms with E-state index in [4.69, 9.17) is 4.74 Å². The van der Waals surface area contributed by atoms with Gasteiger partial charge < -0.3 is 9.30 Å². The van der Waals surface area contributed by atoms with Crippen molar-refractivity contribution < 1.29 is 22.3 Å². The standard InChI is InChI=1S/C28H36F4N6O2/c1-17-12-36(6-7-40-17)13-18-8-23(28(30,31)32)24-15-37(27(39)38(24)14-18)22-10-20(9-21(29)11-22)25(19-4-3-5-19)26-34-33-16-35(26)2/h8,14-17,19-22,25H,3-7,9-13H2,1-2H3/t17-,20?,21?,22?,25+/m1/s1. The molecule has 5 atom stereocenters. The molecule has 3 aromatic rings. The molecule has 3 fully saturated rings. The van der Waals surface area contributed by atoms with Gasteiger partial charge in [-0.25, -0.2) is 9.18 Å². The predicted octanol–water partition coefficient (Wildman–Crippen LogP) is 4.73. The number of halogens is 4. The number of pyridine rings is 1. The Bertz CT molecular complexity index is 1410. The molecule has 12 heteroatoms. The molecule has 218 valence electrons. The summed E-state index contributed by atoms with van der Waals surface area (Å²) in [6.07, 6.45) is 2.76. The highest BCUT2D eigenvalue weighted by molar-refractivity contribution is 5.56. The predicted molar refractivity (Wildman–Crippen MR) is 140 cm³/mol. The Labute approximate surface area is 229 Å². The molecule has 8 nitrogen and oxygen atoms in total. The minimum absolute atomic E-state index is 0.00304. The van der Waals surface area contributed by atoms with E-state index < -0.39 is 29.6 Å². The molecular weight excluding hydrogens is 528 g/mol. The van der Waals surface area contributed by atoms with Crippen molar-refractivity contribution >= 4 is 5.52 Å². The van der Waals surface area contributed by atoms with Crippen LogP contribution in [0.2, 0.25) is 0 Å². The molecule has 2 aliphatic carbocycles. The molecule has 1 aliphatic heterocycles. The molecule has 0 radical (unpaired) electrons.